The Morgan fingerprint density at radius 1 is 1.19 bits per heavy atom. The summed E-state index contributed by atoms with van der Waals surface area (Å²) in [7, 11) is 0. The molecule has 0 amide bonds. The first-order valence-corrected chi connectivity index (χ1v) is 6.55. The van der Waals surface area contributed by atoms with Crippen molar-refractivity contribution >= 4 is 0 Å². The Hall–Kier alpha value is -2.76. The van der Waals surface area contributed by atoms with E-state index in [1.54, 1.807) is 35.3 Å². The van der Waals surface area contributed by atoms with Crippen LogP contribution >= 0.6 is 0 Å². The van der Waals surface area contributed by atoms with Gasteiger partial charge in [0.25, 0.3) is 5.56 Å². The third-order valence-corrected chi connectivity index (χ3v) is 3.24. The van der Waals surface area contributed by atoms with E-state index >= 15 is 0 Å². The van der Waals surface area contributed by atoms with E-state index in [0.29, 0.717) is 12.4 Å². The second kappa shape index (κ2) is 5.32. The van der Waals surface area contributed by atoms with Gasteiger partial charge in [0.1, 0.15) is 11.6 Å². The fraction of sp³-hybridized carbons (Fsp3) is 0.200. The molecule has 0 atom stereocenters. The third kappa shape index (κ3) is 2.60. The van der Waals surface area contributed by atoms with Crippen LogP contribution in [0.3, 0.4) is 0 Å². The maximum atomic E-state index is 12.0. The molecule has 3 rings (SSSR count). The molecular weight excluding hydrogens is 268 g/mol. The topological polar surface area (TPSA) is 73.8 Å². The molecule has 0 bridgehead atoms. The van der Waals surface area contributed by atoms with E-state index in [0.717, 1.165) is 22.6 Å². The molecule has 0 radical (unpaired) electrons. The lowest BCUT2D eigenvalue weighted by Gasteiger charge is -2.07. The first kappa shape index (κ1) is 13.2. The fourth-order valence-electron chi connectivity index (χ4n) is 2.26. The molecule has 0 unspecified atom stereocenters. The number of hydrogen-bond acceptors (Lipinski definition) is 5. The van der Waals surface area contributed by atoms with Crippen molar-refractivity contribution in [3.63, 3.8) is 0 Å². The van der Waals surface area contributed by atoms with E-state index in [2.05, 4.69) is 15.1 Å². The maximum absolute atomic E-state index is 12.0. The normalized spacial score (nSPS) is 10.8. The van der Waals surface area contributed by atoms with Gasteiger partial charge < -0.3 is 9.09 Å². The van der Waals surface area contributed by atoms with Crippen LogP contribution in [0.25, 0.3) is 11.1 Å². The Balaban J connectivity index is 2.03. The summed E-state index contributed by atoms with van der Waals surface area (Å²) in [5.41, 5.74) is 2.51. The molecular formula is C15H14N4O2. The van der Waals surface area contributed by atoms with Gasteiger partial charge in [-0.05, 0) is 26.0 Å². The molecule has 0 N–H and O–H groups in total. The second-order valence-corrected chi connectivity index (χ2v) is 4.75. The molecule has 3 heterocycles. The van der Waals surface area contributed by atoms with Gasteiger partial charge in [0, 0.05) is 35.8 Å². The van der Waals surface area contributed by atoms with Crippen LogP contribution in [0.5, 0.6) is 0 Å². The van der Waals surface area contributed by atoms with Crippen molar-refractivity contribution in [2.45, 2.75) is 20.4 Å². The summed E-state index contributed by atoms with van der Waals surface area (Å²) in [6.45, 7) is 4.06. The van der Waals surface area contributed by atoms with Crippen molar-refractivity contribution in [2.75, 3.05) is 0 Å². The Morgan fingerprint density at radius 3 is 2.62 bits per heavy atom. The SMILES string of the molecule is Cc1noc(C)c1-c1ccc(=O)n(Cc2ncccn2)c1. The summed E-state index contributed by atoms with van der Waals surface area (Å²) in [4.78, 5) is 20.3. The zero-order valence-electron chi connectivity index (χ0n) is 11.8. The van der Waals surface area contributed by atoms with E-state index in [1.807, 2.05) is 13.8 Å². The monoisotopic (exact) mass is 282 g/mol. The largest absolute Gasteiger partial charge is 0.361 e. The Labute approximate surface area is 121 Å². The molecule has 3 aromatic rings. The van der Waals surface area contributed by atoms with Crippen LogP contribution in [0.15, 0.2) is 46.1 Å². The molecule has 0 fully saturated rings. The third-order valence-electron chi connectivity index (χ3n) is 3.24. The molecule has 6 heteroatoms. The van der Waals surface area contributed by atoms with Crippen molar-refractivity contribution in [2.24, 2.45) is 0 Å². The molecule has 0 aromatic carbocycles. The van der Waals surface area contributed by atoms with Crippen molar-refractivity contribution in [3.05, 3.63) is 64.4 Å². The van der Waals surface area contributed by atoms with Crippen LogP contribution in [0.4, 0.5) is 0 Å². The number of aromatic nitrogens is 4. The smallest absolute Gasteiger partial charge is 0.250 e. The minimum Gasteiger partial charge on any atom is -0.361 e. The molecule has 0 spiro atoms. The average Bonchev–Trinajstić information content (AvgIpc) is 2.82. The van der Waals surface area contributed by atoms with Crippen LogP contribution < -0.4 is 5.56 Å². The van der Waals surface area contributed by atoms with Crippen molar-refractivity contribution in [1.82, 2.24) is 19.7 Å². The van der Waals surface area contributed by atoms with Gasteiger partial charge in [-0.25, -0.2) is 9.97 Å². The Morgan fingerprint density at radius 2 is 1.95 bits per heavy atom. The minimum absolute atomic E-state index is 0.0991. The van der Waals surface area contributed by atoms with Gasteiger partial charge in [0.2, 0.25) is 0 Å². The highest BCUT2D eigenvalue weighted by Gasteiger charge is 2.12. The highest BCUT2D eigenvalue weighted by Crippen LogP contribution is 2.25. The number of hydrogen-bond donors (Lipinski definition) is 0. The lowest BCUT2D eigenvalue weighted by atomic mass is 10.1. The minimum atomic E-state index is -0.0991. The summed E-state index contributed by atoms with van der Waals surface area (Å²) in [5.74, 6) is 1.32. The average molecular weight is 282 g/mol. The summed E-state index contributed by atoms with van der Waals surface area (Å²) >= 11 is 0. The van der Waals surface area contributed by atoms with Crippen LogP contribution in [0.2, 0.25) is 0 Å². The first-order valence-electron chi connectivity index (χ1n) is 6.55. The number of nitrogens with zero attached hydrogens (tertiary/aromatic N) is 4. The molecule has 0 aliphatic rings. The molecule has 6 nitrogen and oxygen atoms in total. The molecule has 0 saturated carbocycles. The zero-order chi connectivity index (χ0) is 14.8. The van der Waals surface area contributed by atoms with E-state index in [1.165, 1.54) is 6.07 Å². The predicted octanol–water partition coefficient (Wildman–Crippen LogP) is 1.96. The highest BCUT2D eigenvalue weighted by molar-refractivity contribution is 5.66. The maximum Gasteiger partial charge on any atom is 0.250 e. The van der Waals surface area contributed by atoms with Gasteiger partial charge in [-0.1, -0.05) is 5.16 Å². The lowest BCUT2D eigenvalue weighted by Crippen LogP contribution is -2.20. The van der Waals surface area contributed by atoms with E-state index in [9.17, 15) is 4.79 Å². The second-order valence-electron chi connectivity index (χ2n) is 4.75. The number of pyridine rings is 1. The van der Waals surface area contributed by atoms with Crippen LogP contribution in [0, 0.1) is 13.8 Å². The molecule has 0 saturated heterocycles. The Bertz CT molecular complexity index is 802. The Kier molecular flexibility index (Phi) is 3.35. The molecule has 3 aromatic heterocycles. The van der Waals surface area contributed by atoms with Crippen LogP contribution in [0.1, 0.15) is 17.3 Å². The van der Waals surface area contributed by atoms with Gasteiger partial charge in [-0.15, -0.1) is 0 Å². The van der Waals surface area contributed by atoms with Gasteiger partial charge in [0.05, 0.1) is 12.2 Å². The summed E-state index contributed by atoms with van der Waals surface area (Å²) in [5, 5.41) is 3.94. The molecule has 0 aliphatic carbocycles. The number of rotatable bonds is 3. The summed E-state index contributed by atoms with van der Waals surface area (Å²) < 4.78 is 6.76. The lowest BCUT2D eigenvalue weighted by molar-refractivity contribution is 0.393. The number of aryl methyl sites for hydroxylation is 2. The summed E-state index contributed by atoms with van der Waals surface area (Å²) in [6, 6.07) is 5.05. The molecule has 0 aliphatic heterocycles. The fourth-order valence-corrected chi connectivity index (χ4v) is 2.26. The zero-order valence-corrected chi connectivity index (χ0v) is 11.8. The van der Waals surface area contributed by atoms with E-state index in [-0.39, 0.29) is 5.56 Å². The van der Waals surface area contributed by atoms with Crippen molar-refractivity contribution < 1.29 is 4.52 Å². The molecule has 106 valence electrons. The van der Waals surface area contributed by atoms with Gasteiger partial charge >= 0.3 is 0 Å². The van der Waals surface area contributed by atoms with Gasteiger partial charge in [-0.3, -0.25) is 4.79 Å². The van der Waals surface area contributed by atoms with Crippen LogP contribution in [-0.4, -0.2) is 19.7 Å². The van der Waals surface area contributed by atoms with E-state index in [4.69, 9.17) is 4.52 Å². The summed E-state index contributed by atoms with van der Waals surface area (Å²) in [6.07, 6.45) is 5.10. The van der Waals surface area contributed by atoms with Gasteiger partial charge in [-0.2, -0.15) is 0 Å². The van der Waals surface area contributed by atoms with Gasteiger partial charge in [0.15, 0.2) is 0 Å². The molecule has 21 heavy (non-hydrogen) atoms. The van der Waals surface area contributed by atoms with Crippen molar-refractivity contribution in [3.8, 4) is 11.1 Å². The predicted molar refractivity (Wildman–Crippen MR) is 76.8 cm³/mol. The van der Waals surface area contributed by atoms with E-state index < -0.39 is 0 Å². The first-order chi connectivity index (χ1) is 10.1. The van der Waals surface area contributed by atoms with Crippen LogP contribution in [-0.2, 0) is 6.54 Å². The standard InChI is InChI=1S/C15H14N4O2/c1-10-15(11(2)21-18-10)12-4-5-14(20)19(8-12)9-13-16-6-3-7-17-13/h3-8H,9H2,1-2H3. The van der Waals surface area contributed by atoms with Crippen molar-refractivity contribution in [1.29, 1.82) is 0 Å². The quantitative estimate of drug-likeness (QED) is 0.734. The highest BCUT2D eigenvalue weighted by atomic mass is 16.5.